The van der Waals surface area contributed by atoms with Crippen molar-refractivity contribution in [2.75, 3.05) is 4.72 Å². The summed E-state index contributed by atoms with van der Waals surface area (Å²) in [5.41, 5.74) is 1.30. The van der Waals surface area contributed by atoms with Gasteiger partial charge in [-0.1, -0.05) is 17.7 Å². The molecular formula is C10H10ClN3O2S. The number of halogens is 1. The van der Waals surface area contributed by atoms with Gasteiger partial charge in [0.25, 0.3) is 10.0 Å². The van der Waals surface area contributed by atoms with Crippen LogP contribution in [-0.4, -0.2) is 18.4 Å². The minimum absolute atomic E-state index is 0.00852. The summed E-state index contributed by atoms with van der Waals surface area (Å²) >= 11 is 5.91. The highest BCUT2D eigenvalue weighted by Crippen LogP contribution is 2.21. The minimum Gasteiger partial charge on any atom is -0.334 e. The molecule has 0 fully saturated rings. The van der Waals surface area contributed by atoms with Crippen molar-refractivity contribution in [3.05, 3.63) is 41.3 Å². The lowest BCUT2D eigenvalue weighted by atomic mass is 10.2. The van der Waals surface area contributed by atoms with E-state index in [4.69, 9.17) is 11.6 Å². The molecule has 0 amide bonds. The summed E-state index contributed by atoms with van der Waals surface area (Å²) in [4.78, 5) is 6.19. The average molecular weight is 272 g/mol. The highest BCUT2D eigenvalue weighted by molar-refractivity contribution is 7.92. The summed E-state index contributed by atoms with van der Waals surface area (Å²) in [6, 6.07) is 4.95. The molecule has 7 heteroatoms. The normalized spacial score (nSPS) is 11.4. The number of benzene rings is 1. The third-order valence-corrected chi connectivity index (χ3v) is 3.90. The maximum absolute atomic E-state index is 11.8. The lowest BCUT2D eigenvalue weighted by Crippen LogP contribution is -2.13. The fourth-order valence-corrected chi connectivity index (χ4v) is 2.39. The van der Waals surface area contributed by atoms with E-state index >= 15 is 0 Å². The molecule has 0 bridgehead atoms. The van der Waals surface area contributed by atoms with E-state index in [0.29, 0.717) is 10.7 Å². The Balaban J connectivity index is 2.30. The van der Waals surface area contributed by atoms with Gasteiger partial charge in [-0.3, -0.25) is 4.72 Å². The van der Waals surface area contributed by atoms with Gasteiger partial charge in [0.2, 0.25) is 0 Å². The van der Waals surface area contributed by atoms with Crippen molar-refractivity contribution in [3.8, 4) is 0 Å². The Bertz CT molecular complexity index is 623. The van der Waals surface area contributed by atoms with Gasteiger partial charge >= 0.3 is 0 Å². The van der Waals surface area contributed by atoms with Gasteiger partial charge in [-0.2, -0.15) is 8.42 Å². The first kappa shape index (κ1) is 11.9. The summed E-state index contributed by atoms with van der Waals surface area (Å²) in [5.74, 6) is 0. The van der Waals surface area contributed by atoms with Crippen LogP contribution < -0.4 is 4.72 Å². The Kier molecular flexibility index (Phi) is 3.08. The highest BCUT2D eigenvalue weighted by atomic mass is 35.5. The second-order valence-corrected chi connectivity index (χ2v) is 5.54. The molecule has 0 saturated heterocycles. The molecule has 1 aromatic carbocycles. The average Bonchev–Trinajstić information content (AvgIpc) is 2.77. The number of nitrogens with zero attached hydrogens (tertiary/aromatic N) is 1. The van der Waals surface area contributed by atoms with Crippen LogP contribution in [0.25, 0.3) is 0 Å². The van der Waals surface area contributed by atoms with Crippen LogP contribution in [0.2, 0.25) is 5.02 Å². The SMILES string of the molecule is Cc1ccc(NS(=O)(=O)c2cnc[nH]2)cc1Cl. The monoisotopic (exact) mass is 271 g/mol. The number of anilines is 1. The number of sulfonamides is 1. The van der Waals surface area contributed by atoms with E-state index in [9.17, 15) is 8.42 Å². The quantitative estimate of drug-likeness (QED) is 0.898. The molecule has 1 aromatic heterocycles. The van der Waals surface area contributed by atoms with Gasteiger partial charge in [-0.15, -0.1) is 0 Å². The van der Waals surface area contributed by atoms with E-state index in [1.54, 1.807) is 18.2 Å². The zero-order chi connectivity index (χ0) is 12.5. The summed E-state index contributed by atoms with van der Waals surface area (Å²) in [6.07, 6.45) is 2.54. The van der Waals surface area contributed by atoms with Gasteiger partial charge in [0.05, 0.1) is 18.2 Å². The number of nitrogens with one attached hydrogen (secondary N) is 2. The van der Waals surface area contributed by atoms with Crippen LogP contribution in [0.3, 0.4) is 0 Å². The molecular weight excluding hydrogens is 262 g/mol. The molecule has 0 aliphatic rings. The number of hydrogen-bond acceptors (Lipinski definition) is 3. The number of H-pyrrole nitrogens is 1. The summed E-state index contributed by atoms with van der Waals surface area (Å²) < 4.78 is 26.1. The van der Waals surface area contributed by atoms with Crippen molar-refractivity contribution in [3.63, 3.8) is 0 Å². The Morgan fingerprint density at radius 3 is 2.76 bits per heavy atom. The first-order valence-corrected chi connectivity index (χ1v) is 6.62. The van der Waals surface area contributed by atoms with E-state index in [1.165, 1.54) is 12.5 Å². The summed E-state index contributed by atoms with van der Waals surface area (Å²) in [6.45, 7) is 1.84. The lowest BCUT2D eigenvalue weighted by Gasteiger charge is -2.07. The second-order valence-electron chi connectivity index (χ2n) is 3.49. The van der Waals surface area contributed by atoms with Gasteiger partial charge in [0.1, 0.15) is 0 Å². The predicted octanol–water partition coefficient (Wildman–Crippen LogP) is 2.17. The van der Waals surface area contributed by atoms with E-state index in [2.05, 4.69) is 14.7 Å². The smallest absolute Gasteiger partial charge is 0.278 e. The topological polar surface area (TPSA) is 74.8 Å². The summed E-state index contributed by atoms with van der Waals surface area (Å²) in [7, 11) is -3.63. The number of aryl methyl sites for hydroxylation is 1. The third-order valence-electron chi connectivity index (χ3n) is 2.19. The molecule has 0 spiro atoms. The molecule has 5 nitrogen and oxygen atoms in total. The van der Waals surface area contributed by atoms with Crippen LogP contribution in [0.1, 0.15) is 5.56 Å². The highest BCUT2D eigenvalue weighted by Gasteiger charge is 2.15. The largest absolute Gasteiger partial charge is 0.334 e. The van der Waals surface area contributed by atoms with E-state index in [1.807, 2.05) is 6.92 Å². The van der Waals surface area contributed by atoms with E-state index < -0.39 is 10.0 Å². The van der Waals surface area contributed by atoms with Crippen LogP contribution in [0.5, 0.6) is 0 Å². The molecule has 0 saturated carbocycles. The first-order chi connectivity index (χ1) is 7.99. The van der Waals surface area contributed by atoms with E-state index in [-0.39, 0.29) is 5.03 Å². The van der Waals surface area contributed by atoms with Crippen molar-refractivity contribution in [2.45, 2.75) is 11.9 Å². The van der Waals surface area contributed by atoms with Gasteiger partial charge in [0, 0.05) is 5.02 Å². The first-order valence-electron chi connectivity index (χ1n) is 4.76. The van der Waals surface area contributed by atoms with Gasteiger partial charge in [-0.25, -0.2) is 4.98 Å². The van der Waals surface area contributed by atoms with Crippen molar-refractivity contribution in [1.29, 1.82) is 0 Å². The van der Waals surface area contributed by atoms with Crippen molar-refractivity contribution in [2.24, 2.45) is 0 Å². The minimum atomic E-state index is -3.63. The molecule has 17 heavy (non-hydrogen) atoms. The Morgan fingerprint density at radius 1 is 1.41 bits per heavy atom. The van der Waals surface area contributed by atoms with Gasteiger partial charge in [0.15, 0.2) is 5.03 Å². The molecule has 90 valence electrons. The molecule has 0 aliphatic heterocycles. The molecule has 2 N–H and O–H groups in total. The van der Waals surface area contributed by atoms with Crippen LogP contribution in [-0.2, 0) is 10.0 Å². The van der Waals surface area contributed by atoms with Crippen LogP contribution in [0.4, 0.5) is 5.69 Å². The second kappa shape index (κ2) is 4.38. The lowest BCUT2D eigenvalue weighted by molar-refractivity contribution is 0.598. The fourth-order valence-electron chi connectivity index (χ4n) is 1.26. The Morgan fingerprint density at radius 2 is 2.18 bits per heavy atom. The van der Waals surface area contributed by atoms with Crippen LogP contribution in [0, 0.1) is 6.92 Å². The Labute approximate surface area is 104 Å². The number of aromatic nitrogens is 2. The maximum Gasteiger partial charge on any atom is 0.278 e. The zero-order valence-electron chi connectivity index (χ0n) is 8.94. The molecule has 2 rings (SSSR count). The van der Waals surface area contributed by atoms with Crippen LogP contribution >= 0.6 is 11.6 Å². The molecule has 0 aliphatic carbocycles. The zero-order valence-corrected chi connectivity index (χ0v) is 10.5. The summed E-state index contributed by atoms with van der Waals surface area (Å²) in [5, 5.41) is 0.518. The molecule has 2 aromatic rings. The number of imidazole rings is 1. The third kappa shape index (κ3) is 2.59. The van der Waals surface area contributed by atoms with Crippen LogP contribution in [0.15, 0.2) is 35.7 Å². The number of hydrogen-bond donors (Lipinski definition) is 2. The standard InChI is InChI=1S/C10H10ClN3O2S/c1-7-2-3-8(4-9(7)11)14-17(15,16)10-5-12-6-13-10/h2-6,14H,1H3,(H,12,13). The maximum atomic E-state index is 11.8. The molecule has 0 radical (unpaired) electrons. The van der Waals surface area contributed by atoms with Gasteiger partial charge < -0.3 is 4.98 Å². The van der Waals surface area contributed by atoms with Gasteiger partial charge in [-0.05, 0) is 24.6 Å². The predicted molar refractivity (Wildman–Crippen MR) is 65.6 cm³/mol. The molecule has 0 unspecified atom stereocenters. The number of rotatable bonds is 3. The van der Waals surface area contributed by atoms with Crippen molar-refractivity contribution >= 4 is 27.3 Å². The molecule has 1 heterocycles. The number of aromatic amines is 1. The van der Waals surface area contributed by atoms with E-state index in [0.717, 1.165) is 5.56 Å². The van der Waals surface area contributed by atoms with Crippen molar-refractivity contribution < 1.29 is 8.42 Å². The molecule has 0 atom stereocenters. The van der Waals surface area contributed by atoms with Crippen molar-refractivity contribution in [1.82, 2.24) is 9.97 Å². The fraction of sp³-hybridized carbons (Fsp3) is 0.100. The Hall–Kier alpha value is -1.53.